The molecule has 0 saturated heterocycles. The van der Waals surface area contributed by atoms with Gasteiger partial charge < -0.3 is 4.74 Å². The van der Waals surface area contributed by atoms with Gasteiger partial charge in [-0.1, -0.05) is 13.8 Å². The summed E-state index contributed by atoms with van der Waals surface area (Å²) < 4.78 is 5.17. The molecule has 0 bridgehead atoms. The number of nitrogens with one attached hydrogen (secondary N) is 1. The normalized spacial score (nSPS) is 13.1. The van der Waals surface area contributed by atoms with E-state index >= 15 is 0 Å². The molecular weight excluding hydrogens is 230 g/mol. The monoisotopic (exact) mass is 259 g/mol. The zero-order valence-electron chi connectivity index (χ0n) is 12.2. The Bertz CT molecular complexity index is 220. The Morgan fingerprint density at radius 1 is 1.39 bits per heavy atom. The second-order valence-corrected chi connectivity index (χ2v) is 4.66. The van der Waals surface area contributed by atoms with Crippen molar-refractivity contribution in [2.45, 2.75) is 58.5 Å². The molecule has 5 nitrogen and oxygen atoms in total. The first kappa shape index (κ1) is 17.4. The molecule has 0 heterocycles. The van der Waals surface area contributed by atoms with Crippen LogP contribution in [0, 0.1) is 0 Å². The van der Waals surface area contributed by atoms with Crippen LogP contribution >= 0.6 is 0 Å². The van der Waals surface area contributed by atoms with Crippen LogP contribution < -0.4 is 11.3 Å². The van der Waals surface area contributed by atoms with Crippen LogP contribution in [-0.2, 0) is 9.53 Å². The lowest BCUT2D eigenvalue weighted by Crippen LogP contribution is -2.44. The van der Waals surface area contributed by atoms with Gasteiger partial charge in [0.25, 0.3) is 0 Å². The summed E-state index contributed by atoms with van der Waals surface area (Å²) in [7, 11) is 1.72. The lowest BCUT2D eigenvalue weighted by Gasteiger charge is -2.35. The quantitative estimate of drug-likeness (QED) is 0.352. The number of methoxy groups -OCH3 is 1. The van der Waals surface area contributed by atoms with E-state index in [0.29, 0.717) is 18.5 Å². The fraction of sp³-hybridized carbons (Fsp3) is 0.923. The van der Waals surface area contributed by atoms with E-state index < -0.39 is 0 Å². The number of nitrogens with two attached hydrogens (primary N) is 1. The molecule has 5 heteroatoms. The summed E-state index contributed by atoms with van der Waals surface area (Å²) in [6, 6.07) is 0.915. The maximum atomic E-state index is 11.2. The standard InChI is InChI=1S/C13H29N3O2/c1-5-12(6-2)16(9-10-18-4)11(3)7-8-13(17)15-14/h11-12H,5-10,14H2,1-4H3,(H,15,17). The van der Waals surface area contributed by atoms with E-state index in [0.717, 1.165) is 32.4 Å². The molecule has 1 unspecified atom stereocenters. The number of amides is 1. The van der Waals surface area contributed by atoms with Crippen molar-refractivity contribution in [3.8, 4) is 0 Å². The second kappa shape index (κ2) is 10.3. The Kier molecular flexibility index (Phi) is 9.92. The predicted molar refractivity (Wildman–Crippen MR) is 74.0 cm³/mol. The number of nitrogens with zero attached hydrogens (tertiary/aromatic N) is 1. The lowest BCUT2D eigenvalue weighted by molar-refractivity contribution is -0.121. The molecule has 0 aromatic rings. The van der Waals surface area contributed by atoms with Gasteiger partial charge in [-0.3, -0.25) is 15.1 Å². The molecule has 0 aromatic carbocycles. The smallest absolute Gasteiger partial charge is 0.233 e. The molecule has 108 valence electrons. The highest BCUT2D eigenvalue weighted by atomic mass is 16.5. The van der Waals surface area contributed by atoms with E-state index in [1.54, 1.807) is 7.11 Å². The van der Waals surface area contributed by atoms with Crippen LogP contribution in [0.4, 0.5) is 0 Å². The first-order chi connectivity index (χ1) is 8.60. The first-order valence-corrected chi connectivity index (χ1v) is 6.84. The SMILES string of the molecule is CCC(CC)N(CCOC)C(C)CCC(=O)NN. The zero-order chi connectivity index (χ0) is 14.0. The highest BCUT2D eigenvalue weighted by molar-refractivity contribution is 5.75. The molecule has 0 aliphatic heterocycles. The molecule has 0 saturated carbocycles. The van der Waals surface area contributed by atoms with Crippen LogP contribution in [0.2, 0.25) is 0 Å². The third-order valence-electron chi connectivity index (χ3n) is 3.48. The van der Waals surface area contributed by atoms with E-state index in [4.69, 9.17) is 10.6 Å². The maximum Gasteiger partial charge on any atom is 0.233 e. The van der Waals surface area contributed by atoms with E-state index in [2.05, 4.69) is 31.1 Å². The lowest BCUT2D eigenvalue weighted by atomic mass is 10.0. The van der Waals surface area contributed by atoms with Crippen LogP contribution in [-0.4, -0.2) is 43.2 Å². The molecule has 0 fully saturated rings. The Hall–Kier alpha value is -0.650. The number of carbonyl (C=O) groups is 1. The average molecular weight is 259 g/mol. The molecule has 0 rings (SSSR count). The molecule has 1 atom stereocenters. The summed E-state index contributed by atoms with van der Waals surface area (Å²) in [4.78, 5) is 13.6. The van der Waals surface area contributed by atoms with E-state index in [9.17, 15) is 4.79 Å². The van der Waals surface area contributed by atoms with Crippen LogP contribution in [0.1, 0.15) is 46.5 Å². The van der Waals surface area contributed by atoms with Gasteiger partial charge in [0.05, 0.1) is 6.61 Å². The van der Waals surface area contributed by atoms with Crippen molar-refractivity contribution in [1.29, 1.82) is 0 Å². The number of rotatable bonds is 10. The Labute approximate surface area is 111 Å². The summed E-state index contributed by atoms with van der Waals surface area (Å²) >= 11 is 0. The van der Waals surface area contributed by atoms with Gasteiger partial charge in [0.15, 0.2) is 0 Å². The van der Waals surface area contributed by atoms with Gasteiger partial charge in [-0.05, 0) is 26.2 Å². The summed E-state index contributed by atoms with van der Waals surface area (Å²) in [6.45, 7) is 8.20. The molecule has 0 aromatic heterocycles. The van der Waals surface area contributed by atoms with Gasteiger partial charge in [0.1, 0.15) is 0 Å². The average Bonchev–Trinajstić information content (AvgIpc) is 2.40. The molecule has 1 amide bonds. The van der Waals surface area contributed by atoms with Crippen LogP contribution in [0.5, 0.6) is 0 Å². The number of carbonyl (C=O) groups excluding carboxylic acids is 1. The van der Waals surface area contributed by atoms with Crippen LogP contribution in [0.3, 0.4) is 0 Å². The van der Waals surface area contributed by atoms with Crippen LogP contribution in [0.15, 0.2) is 0 Å². The van der Waals surface area contributed by atoms with E-state index in [1.165, 1.54) is 0 Å². The fourth-order valence-electron chi connectivity index (χ4n) is 2.30. The third kappa shape index (κ3) is 6.33. The number of ether oxygens (including phenoxy) is 1. The number of hydrogen-bond acceptors (Lipinski definition) is 4. The minimum absolute atomic E-state index is 0.0990. The van der Waals surface area contributed by atoms with Crippen molar-refractivity contribution in [3.05, 3.63) is 0 Å². The van der Waals surface area contributed by atoms with Crippen molar-refractivity contribution >= 4 is 5.91 Å². The van der Waals surface area contributed by atoms with Gasteiger partial charge >= 0.3 is 0 Å². The van der Waals surface area contributed by atoms with Crippen LogP contribution in [0.25, 0.3) is 0 Å². The molecular formula is C13H29N3O2. The van der Waals surface area contributed by atoms with Crippen molar-refractivity contribution in [2.24, 2.45) is 5.84 Å². The third-order valence-corrected chi connectivity index (χ3v) is 3.48. The molecule has 0 spiro atoms. The number of hydrogen-bond donors (Lipinski definition) is 2. The Balaban J connectivity index is 4.37. The predicted octanol–water partition coefficient (Wildman–Crippen LogP) is 1.28. The fourth-order valence-corrected chi connectivity index (χ4v) is 2.30. The second-order valence-electron chi connectivity index (χ2n) is 4.66. The summed E-state index contributed by atoms with van der Waals surface area (Å²) in [5, 5.41) is 0. The summed E-state index contributed by atoms with van der Waals surface area (Å²) in [5.41, 5.74) is 2.18. The maximum absolute atomic E-state index is 11.2. The largest absolute Gasteiger partial charge is 0.383 e. The minimum Gasteiger partial charge on any atom is -0.383 e. The topological polar surface area (TPSA) is 67.6 Å². The highest BCUT2D eigenvalue weighted by Crippen LogP contribution is 2.15. The first-order valence-electron chi connectivity index (χ1n) is 6.84. The molecule has 0 aliphatic rings. The molecule has 0 aliphatic carbocycles. The minimum atomic E-state index is -0.0990. The van der Waals surface area contributed by atoms with Gasteiger partial charge in [-0.15, -0.1) is 0 Å². The van der Waals surface area contributed by atoms with Gasteiger partial charge in [-0.25, -0.2) is 5.84 Å². The van der Waals surface area contributed by atoms with Crippen molar-refractivity contribution < 1.29 is 9.53 Å². The van der Waals surface area contributed by atoms with Gasteiger partial charge in [0.2, 0.25) is 5.91 Å². The highest BCUT2D eigenvalue weighted by Gasteiger charge is 2.21. The van der Waals surface area contributed by atoms with Gasteiger partial charge in [0, 0.05) is 32.2 Å². The Morgan fingerprint density at radius 2 is 2.00 bits per heavy atom. The Morgan fingerprint density at radius 3 is 2.44 bits per heavy atom. The van der Waals surface area contributed by atoms with Crippen molar-refractivity contribution in [3.63, 3.8) is 0 Å². The van der Waals surface area contributed by atoms with Crippen molar-refractivity contribution in [1.82, 2.24) is 10.3 Å². The van der Waals surface area contributed by atoms with Gasteiger partial charge in [-0.2, -0.15) is 0 Å². The van der Waals surface area contributed by atoms with Crippen molar-refractivity contribution in [2.75, 3.05) is 20.3 Å². The molecule has 3 N–H and O–H groups in total. The summed E-state index contributed by atoms with van der Waals surface area (Å²) in [6.07, 6.45) is 3.53. The molecule has 18 heavy (non-hydrogen) atoms. The molecule has 0 radical (unpaired) electrons. The zero-order valence-corrected chi connectivity index (χ0v) is 12.2. The van der Waals surface area contributed by atoms with E-state index in [-0.39, 0.29) is 5.91 Å². The summed E-state index contributed by atoms with van der Waals surface area (Å²) in [5.74, 6) is 4.99. The van der Waals surface area contributed by atoms with E-state index in [1.807, 2.05) is 0 Å². The number of hydrazine groups is 1.